The third-order valence-corrected chi connectivity index (χ3v) is 5.68. The van der Waals surface area contributed by atoms with Crippen molar-refractivity contribution in [3.8, 4) is 0 Å². The van der Waals surface area contributed by atoms with E-state index in [9.17, 15) is 26.4 Å². The zero-order chi connectivity index (χ0) is 22.0. The fraction of sp³-hybridized carbons (Fsp3) is 0.316. The zero-order valence-electron chi connectivity index (χ0n) is 15.9. The van der Waals surface area contributed by atoms with Crippen molar-refractivity contribution >= 4 is 33.2 Å². The Labute approximate surface area is 172 Å². The molecule has 1 unspecified atom stereocenters. The van der Waals surface area contributed by atoms with Crippen LogP contribution < -0.4 is 9.62 Å². The van der Waals surface area contributed by atoms with Crippen molar-refractivity contribution < 1.29 is 26.4 Å². The molecule has 0 aliphatic rings. The van der Waals surface area contributed by atoms with Crippen molar-refractivity contribution in [3.63, 3.8) is 0 Å². The summed E-state index contributed by atoms with van der Waals surface area (Å²) in [6.45, 7) is 2.89. The number of carbonyl (C=O) groups excluding carboxylic acids is 1. The van der Waals surface area contributed by atoms with Gasteiger partial charge in [-0.05, 0) is 49.2 Å². The second-order valence-electron chi connectivity index (χ2n) is 6.58. The minimum Gasteiger partial charge on any atom is -0.350 e. The fourth-order valence-electron chi connectivity index (χ4n) is 2.80. The van der Waals surface area contributed by atoms with Gasteiger partial charge in [0.25, 0.3) is 0 Å². The fourth-order valence-corrected chi connectivity index (χ4v) is 4.19. The third kappa shape index (κ3) is 5.86. The number of halogens is 4. The summed E-state index contributed by atoms with van der Waals surface area (Å²) in [5, 5.41) is 2.79. The van der Waals surface area contributed by atoms with E-state index in [1.807, 2.05) is 0 Å². The van der Waals surface area contributed by atoms with Gasteiger partial charge in [-0.15, -0.1) is 0 Å². The molecule has 0 heterocycles. The van der Waals surface area contributed by atoms with Gasteiger partial charge in [0.05, 0.1) is 17.5 Å². The lowest BCUT2D eigenvalue weighted by atomic mass is 10.1. The highest BCUT2D eigenvalue weighted by Gasteiger charge is 2.31. The summed E-state index contributed by atoms with van der Waals surface area (Å²) >= 11 is 5.97. The molecule has 2 rings (SSSR count). The Hall–Kier alpha value is -2.26. The van der Waals surface area contributed by atoms with E-state index in [4.69, 9.17) is 11.6 Å². The van der Waals surface area contributed by atoms with Gasteiger partial charge in [0.15, 0.2) is 0 Å². The van der Waals surface area contributed by atoms with Gasteiger partial charge in [0, 0.05) is 11.6 Å². The van der Waals surface area contributed by atoms with E-state index in [1.54, 1.807) is 19.1 Å². The molecule has 10 heteroatoms. The van der Waals surface area contributed by atoms with Crippen LogP contribution in [0.3, 0.4) is 0 Å². The molecule has 158 valence electrons. The molecule has 0 aliphatic heterocycles. The molecule has 1 amide bonds. The third-order valence-electron chi connectivity index (χ3n) is 4.22. The predicted molar refractivity (Wildman–Crippen MR) is 106 cm³/mol. The Kier molecular flexibility index (Phi) is 6.85. The molecular weight excluding hydrogens is 429 g/mol. The summed E-state index contributed by atoms with van der Waals surface area (Å²) in [6.07, 6.45) is -3.53. The number of benzene rings is 2. The van der Waals surface area contributed by atoms with Crippen LogP contribution in [0.15, 0.2) is 42.5 Å². The van der Waals surface area contributed by atoms with Crippen LogP contribution in [0.1, 0.15) is 23.6 Å². The maximum absolute atomic E-state index is 12.8. The number of alkyl halides is 3. The van der Waals surface area contributed by atoms with E-state index in [1.165, 1.54) is 25.1 Å². The Morgan fingerprint density at radius 3 is 2.45 bits per heavy atom. The Morgan fingerprint density at radius 1 is 1.21 bits per heavy atom. The molecule has 0 fully saturated rings. The summed E-state index contributed by atoms with van der Waals surface area (Å²) in [5.74, 6) is -0.660. The largest absolute Gasteiger partial charge is 0.416 e. The van der Waals surface area contributed by atoms with Crippen molar-refractivity contribution in [2.45, 2.75) is 32.6 Å². The van der Waals surface area contributed by atoms with Crippen molar-refractivity contribution in [2.75, 3.05) is 10.6 Å². The molecule has 0 spiro atoms. The summed E-state index contributed by atoms with van der Waals surface area (Å²) in [5.41, 5.74) is 0.258. The lowest BCUT2D eigenvalue weighted by Crippen LogP contribution is -2.48. The first-order chi connectivity index (χ1) is 13.3. The summed E-state index contributed by atoms with van der Waals surface area (Å²) in [7, 11) is -3.85. The molecule has 0 saturated carbocycles. The number of rotatable bonds is 6. The topological polar surface area (TPSA) is 66.5 Å². The van der Waals surface area contributed by atoms with Crippen molar-refractivity contribution in [1.29, 1.82) is 0 Å². The number of hydrogen-bond acceptors (Lipinski definition) is 3. The molecular formula is C19H20ClF3N2O3S. The van der Waals surface area contributed by atoms with Crippen molar-refractivity contribution in [2.24, 2.45) is 0 Å². The second kappa shape index (κ2) is 8.62. The van der Waals surface area contributed by atoms with Crippen LogP contribution >= 0.6 is 11.6 Å². The van der Waals surface area contributed by atoms with Crippen molar-refractivity contribution in [3.05, 3.63) is 64.2 Å². The van der Waals surface area contributed by atoms with Gasteiger partial charge < -0.3 is 5.32 Å². The molecule has 1 atom stereocenters. The van der Waals surface area contributed by atoms with Gasteiger partial charge in [-0.1, -0.05) is 29.8 Å². The molecule has 0 bridgehead atoms. The number of carbonyl (C=O) groups is 1. The van der Waals surface area contributed by atoms with Gasteiger partial charge in [-0.3, -0.25) is 9.10 Å². The predicted octanol–water partition coefficient (Wildman–Crippen LogP) is 4.14. The minimum atomic E-state index is -4.50. The normalized spacial score (nSPS) is 13.1. The molecule has 1 N–H and O–H groups in total. The number of anilines is 1. The number of nitrogens with one attached hydrogen (secondary N) is 1. The molecule has 0 aromatic heterocycles. The van der Waals surface area contributed by atoms with Gasteiger partial charge >= 0.3 is 6.18 Å². The molecule has 2 aromatic rings. The van der Waals surface area contributed by atoms with Gasteiger partial charge in [-0.2, -0.15) is 13.2 Å². The number of nitrogens with zero attached hydrogens (tertiary/aromatic N) is 1. The number of amides is 1. The lowest BCUT2D eigenvalue weighted by molar-refractivity contribution is -0.137. The van der Waals surface area contributed by atoms with Crippen LogP contribution in [0, 0.1) is 6.92 Å². The van der Waals surface area contributed by atoms with Gasteiger partial charge in [0.1, 0.15) is 6.04 Å². The van der Waals surface area contributed by atoms with E-state index < -0.39 is 33.7 Å². The van der Waals surface area contributed by atoms with Crippen LogP contribution in [-0.4, -0.2) is 26.6 Å². The number of aryl methyl sites for hydroxylation is 1. The summed E-state index contributed by atoms with van der Waals surface area (Å²) in [4.78, 5) is 12.6. The first-order valence-corrected chi connectivity index (χ1v) is 10.7. The van der Waals surface area contributed by atoms with Gasteiger partial charge in [0.2, 0.25) is 15.9 Å². The maximum Gasteiger partial charge on any atom is 0.416 e. The minimum absolute atomic E-state index is 0.181. The number of sulfonamides is 1. The molecule has 2 aromatic carbocycles. The van der Waals surface area contributed by atoms with E-state index in [0.29, 0.717) is 10.6 Å². The second-order valence-corrected chi connectivity index (χ2v) is 8.88. The first kappa shape index (κ1) is 23.0. The first-order valence-electron chi connectivity index (χ1n) is 8.50. The van der Waals surface area contributed by atoms with E-state index in [0.717, 1.165) is 22.7 Å². The van der Waals surface area contributed by atoms with Crippen LogP contribution in [-0.2, 0) is 27.5 Å². The molecule has 29 heavy (non-hydrogen) atoms. The highest BCUT2D eigenvalue weighted by molar-refractivity contribution is 7.92. The van der Waals surface area contributed by atoms with Crippen LogP contribution in [0.25, 0.3) is 0 Å². The average Bonchev–Trinajstić information content (AvgIpc) is 2.61. The lowest BCUT2D eigenvalue weighted by Gasteiger charge is -2.29. The average molecular weight is 449 g/mol. The number of hydrogen-bond donors (Lipinski definition) is 1. The Morgan fingerprint density at radius 2 is 1.86 bits per heavy atom. The van der Waals surface area contributed by atoms with Crippen LogP contribution in [0.4, 0.5) is 18.9 Å². The van der Waals surface area contributed by atoms with Gasteiger partial charge in [-0.25, -0.2) is 8.42 Å². The highest BCUT2D eigenvalue weighted by atomic mass is 35.5. The molecule has 0 aliphatic carbocycles. The van der Waals surface area contributed by atoms with Crippen LogP contribution in [0.5, 0.6) is 0 Å². The quantitative estimate of drug-likeness (QED) is 0.722. The zero-order valence-corrected chi connectivity index (χ0v) is 17.5. The highest BCUT2D eigenvalue weighted by Crippen LogP contribution is 2.30. The smallest absolute Gasteiger partial charge is 0.350 e. The standard InChI is InChI=1S/C19H20ClF3N2O3S/c1-12-7-8-16(20)10-17(12)25(29(3,27)28)13(2)18(26)24-11-14-5-4-6-15(9-14)19(21,22)23/h4-10,13H,11H2,1-3H3,(H,24,26). The van der Waals surface area contributed by atoms with E-state index in [-0.39, 0.29) is 17.8 Å². The molecule has 0 saturated heterocycles. The van der Waals surface area contributed by atoms with E-state index in [2.05, 4.69) is 5.32 Å². The molecule has 5 nitrogen and oxygen atoms in total. The summed E-state index contributed by atoms with van der Waals surface area (Å²) < 4.78 is 64.1. The Balaban J connectivity index is 2.24. The maximum atomic E-state index is 12.8. The van der Waals surface area contributed by atoms with E-state index >= 15 is 0 Å². The van der Waals surface area contributed by atoms with Crippen molar-refractivity contribution in [1.82, 2.24) is 5.32 Å². The summed E-state index contributed by atoms with van der Waals surface area (Å²) in [6, 6.07) is 8.06. The monoisotopic (exact) mass is 448 g/mol. The van der Waals surface area contributed by atoms with Crippen LogP contribution in [0.2, 0.25) is 5.02 Å². The Bertz CT molecular complexity index is 1010. The molecule has 0 radical (unpaired) electrons. The SMILES string of the molecule is Cc1ccc(Cl)cc1N(C(C)C(=O)NCc1cccc(C(F)(F)F)c1)S(C)(=O)=O.